The van der Waals surface area contributed by atoms with Crippen molar-refractivity contribution in [2.75, 3.05) is 6.54 Å². The number of allylic oxidation sites excluding steroid dienone is 3. The lowest BCUT2D eigenvalue weighted by Crippen LogP contribution is -2.39. The van der Waals surface area contributed by atoms with Gasteiger partial charge in [-0.2, -0.15) is 5.26 Å². The average Bonchev–Trinajstić information content (AvgIpc) is 3.11. The summed E-state index contributed by atoms with van der Waals surface area (Å²) in [6.07, 6.45) is 2.13. The summed E-state index contributed by atoms with van der Waals surface area (Å²) in [7, 11) is 0. The zero-order valence-corrected chi connectivity index (χ0v) is 16.2. The van der Waals surface area contributed by atoms with Crippen LogP contribution in [-0.4, -0.2) is 17.2 Å². The van der Waals surface area contributed by atoms with Gasteiger partial charge in [0.2, 0.25) is 0 Å². The van der Waals surface area contributed by atoms with E-state index in [4.69, 9.17) is 10.2 Å². The van der Waals surface area contributed by atoms with Gasteiger partial charge in [-0.1, -0.05) is 24.3 Å². The van der Waals surface area contributed by atoms with Crippen LogP contribution in [0.15, 0.2) is 69.5 Å². The van der Waals surface area contributed by atoms with Crippen molar-refractivity contribution in [3.63, 3.8) is 0 Å². The minimum atomic E-state index is -0.292. The van der Waals surface area contributed by atoms with Gasteiger partial charge in [-0.25, -0.2) is 0 Å². The Morgan fingerprint density at radius 3 is 2.76 bits per heavy atom. The summed E-state index contributed by atoms with van der Waals surface area (Å²) in [6, 6.07) is 16.3. The predicted octanol–water partition coefficient (Wildman–Crippen LogP) is 4.71. The Hall–Kier alpha value is -3.52. The molecule has 1 atom stereocenters. The number of nitrogens with two attached hydrogens (primary N) is 1. The van der Waals surface area contributed by atoms with Gasteiger partial charge in [0, 0.05) is 29.7 Å². The Labute approximate surface area is 168 Å². The number of nitriles is 1. The van der Waals surface area contributed by atoms with E-state index in [2.05, 4.69) is 12.1 Å². The number of ketones is 1. The number of benzene rings is 2. The molecular formula is C24H21N3O2. The van der Waals surface area contributed by atoms with Crippen LogP contribution in [0.3, 0.4) is 0 Å². The van der Waals surface area contributed by atoms with E-state index in [1.54, 1.807) is 0 Å². The third-order valence-electron chi connectivity index (χ3n) is 6.06. The Morgan fingerprint density at radius 1 is 1.17 bits per heavy atom. The fourth-order valence-electron chi connectivity index (χ4n) is 4.79. The van der Waals surface area contributed by atoms with E-state index in [-0.39, 0.29) is 11.7 Å². The summed E-state index contributed by atoms with van der Waals surface area (Å²) >= 11 is 0. The number of rotatable bonds is 2. The van der Waals surface area contributed by atoms with Crippen LogP contribution in [-0.2, 0) is 4.79 Å². The van der Waals surface area contributed by atoms with Gasteiger partial charge in [0.15, 0.2) is 5.78 Å². The Bertz CT molecular complexity index is 1270. The highest BCUT2D eigenvalue weighted by atomic mass is 16.3. The number of fused-ring (bicyclic) bond motifs is 3. The van der Waals surface area contributed by atoms with Gasteiger partial charge in [-0.05, 0) is 49.1 Å². The lowest BCUT2D eigenvalue weighted by atomic mass is 9.76. The highest BCUT2D eigenvalue weighted by Gasteiger charge is 2.38. The second-order valence-electron chi connectivity index (χ2n) is 7.59. The highest BCUT2D eigenvalue weighted by Crippen LogP contribution is 2.45. The van der Waals surface area contributed by atoms with Gasteiger partial charge in [-0.15, -0.1) is 0 Å². The number of furan rings is 1. The molecule has 2 aromatic carbocycles. The fraction of sp³-hybridized carbons (Fsp3) is 0.250. The van der Waals surface area contributed by atoms with Gasteiger partial charge in [0.05, 0.1) is 17.3 Å². The molecule has 1 aliphatic carbocycles. The fourth-order valence-corrected chi connectivity index (χ4v) is 4.79. The molecule has 2 aliphatic rings. The first-order valence-corrected chi connectivity index (χ1v) is 9.98. The Kier molecular flexibility index (Phi) is 3.95. The Balaban J connectivity index is 1.76. The van der Waals surface area contributed by atoms with Gasteiger partial charge in [0.1, 0.15) is 17.0 Å². The summed E-state index contributed by atoms with van der Waals surface area (Å²) in [6.45, 7) is 2.53. The highest BCUT2D eigenvalue weighted by molar-refractivity contribution is 6.05. The molecule has 29 heavy (non-hydrogen) atoms. The number of nitrogens with zero attached hydrogens (tertiary/aromatic N) is 2. The van der Waals surface area contributed by atoms with Crippen LogP contribution in [0.25, 0.3) is 21.9 Å². The molecule has 0 unspecified atom stereocenters. The molecular weight excluding hydrogens is 362 g/mol. The number of hydrogen-bond donors (Lipinski definition) is 1. The summed E-state index contributed by atoms with van der Waals surface area (Å²) in [5.74, 6) is 0.221. The summed E-state index contributed by atoms with van der Waals surface area (Å²) < 4.78 is 5.95. The second-order valence-corrected chi connectivity index (χ2v) is 7.59. The van der Waals surface area contributed by atoms with E-state index in [9.17, 15) is 10.1 Å². The summed E-state index contributed by atoms with van der Waals surface area (Å²) in [5, 5.41) is 12.0. The molecule has 0 spiro atoms. The van der Waals surface area contributed by atoms with E-state index in [1.165, 1.54) is 0 Å². The van der Waals surface area contributed by atoms with Crippen molar-refractivity contribution in [1.82, 2.24) is 4.90 Å². The first kappa shape index (κ1) is 17.6. The summed E-state index contributed by atoms with van der Waals surface area (Å²) in [5.41, 5.74) is 11.3. The number of hydrogen-bond acceptors (Lipinski definition) is 5. The molecule has 144 valence electrons. The van der Waals surface area contributed by atoms with E-state index in [1.807, 2.05) is 48.2 Å². The smallest absolute Gasteiger partial charge is 0.179 e. The van der Waals surface area contributed by atoms with Crippen molar-refractivity contribution >= 4 is 27.7 Å². The molecule has 3 aromatic rings. The third kappa shape index (κ3) is 2.49. The van der Waals surface area contributed by atoms with Crippen LogP contribution >= 0.6 is 0 Å². The summed E-state index contributed by atoms with van der Waals surface area (Å²) in [4.78, 5) is 14.6. The lowest BCUT2D eigenvalue weighted by molar-refractivity contribution is -0.117. The van der Waals surface area contributed by atoms with Gasteiger partial charge >= 0.3 is 0 Å². The lowest BCUT2D eigenvalue weighted by Gasteiger charge is -2.39. The molecule has 5 nitrogen and oxygen atoms in total. The minimum Gasteiger partial charge on any atom is -0.456 e. The molecule has 0 saturated carbocycles. The molecule has 0 bridgehead atoms. The molecule has 5 heteroatoms. The van der Waals surface area contributed by atoms with Crippen molar-refractivity contribution < 1.29 is 9.21 Å². The van der Waals surface area contributed by atoms with Crippen molar-refractivity contribution in [3.05, 3.63) is 70.7 Å². The topological polar surface area (TPSA) is 83.3 Å². The number of Topliss-reactive ketones (excluding diaryl/α,β-unsaturated/α-hetero) is 1. The number of carbonyl (C=O) groups is 1. The van der Waals surface area contributed by atoms with Crippen LogP contribution in [0.4, 0.5) is 0 Å². The van der Waals surface area contributed by atoms with Crippen LogP contribution in [0.5, 0.6) is 0 Å². The van der Waals surface area contributed by atoms with Crippen molar-refractivity contribution in [1.29, 1.82) is 5.26 Å². The van der Waals surface area contributed by atoms with Gasteiger partial charge in [-0.3, -0.25) is 4.79 Å². The van der Waals surface area contributed by atoms with E-state index >= 15 is 0 Å². The van der Waals surface area contributed by atoms with Crippen LogP contribution in [0.1, 0.15) is 37.7 Å². The SMILES string of the molecule is CCN1C(N)=C(C#N)[C@H](c2ccc3oc4ccccc4c3c2)C2=C1C(=O)CCC2. The minimum absolute atomic E-state index is 0.118. The molecule has 0 fully saturated rings. The molecule has 2 heterocycles. The van der Waals surface area contributed by atoms with Crippen LogP contribution < -0.4 is 5.73 Å². The molecule has 0 saturated heterocycles. The molecule has 1 aliphatic heterocycles. The molecule has 5 rings (SSSR count). The van der Waals surface area contributed by atoms with Crippen molar-refractivity contribution in [3.8, 4) is 6.07 Å². The Morgan fingerprint density at radius 2 is 1.97 bits per heavy atom. The largest absolute Gasteiger partial charge is 0.456 e. The van der Waals surface area contributed by atoms with E-state index in [0.29, 0.717) is 30.1 Å². The maximum atomic E-state index is 12.8. The normalized spacial score (nSPS) is 19.8. The molecule has 0 amide bonds. The second kappa shape index (κ2) is 6.52. The zero-order chi connectivity index (χ0) is 20.1. The van der Waals surface area contributed by atoms with Crippen LogP contribution in [0.2, 0.25) is 0 Å². The van der Waals surface area contributed by atoms with Gasteiger partial charge in [0.25, 0.3) is 0 Å². The maximum Gasteiger partial charge on any atom is 0.179 e. The van der Waals surface area contributed by atoms with Crippen LogP contribution in [0, 0.1) is 11.3 Å². The van der Waals surface area contributed by atoms with Crippen molar-refractivity contribution in [2.24, 2.45) is 5.73 Å². The average molecular weight is 383 g/mol. The predicted molar refractivity (Wildman–Crippen MR) is 112 cm³/mol. The molecule has 2 N–H and O–H groups in total. The van der Waals surface area contributed by atoms with E-state index in [0.717, 1.165) is 45.9 Å². The van der Waals surface area contributed by atoms with Gasteiger partial charge < -0.3 is 15.1 Å². The standard InChI is InChI=1S/C24H21N3O2/c1-2-27-23-16(7-5-8-19(23)28)22(18(13-25)24(27)26)14-10-11-21-17(12-14)15-6-3-4-9-20(15)29-21/h3-4,6,9-12,22H,2,5,7-8,26H2,1H3/t22-/m1/s1. The first-order valence-electron chi connectivity index (χ1n) is 9.98. The monoisotopic (exact) mass is 383 g/mol. The number of likely N-dealkylation sites (N-methyl/N-ethyl adjacent to an activating group) is 1. The zero-order valence-electron chi connectivity index (χ0n) is 16.2. The molecule has 0 radical (unpaired) electrons. The number of carbonyl (C=O) groups excluding carboxylic acids is 1. The number of para-hydroxylation sites is 1. The van der Waals surface area contributed by atoms with E-state index < -0.39 is 0 Å². The molecule has 1 aromatic heterocycles. The first-order chi connectivity index (χ1) is 14.1. The van der Waals surface area contributed by atoms with Crippen molar-refractivity contribution in [2.45, 2.75) is 32.1 Å². The third-order valence-corrected chi connectivity index (χ3v) is 6.06. The maximum absolute atomic E-state index is 12.8. The quantitative estimate of drug-likeness (QED) is 0.693.